The van der Waals surface area contributed by atoms with E-state index in [2.05, 4.69) is 31.6 Å². The Hall–Kier alpha value is -1.51. The summed E-state index contributed by atoms with van der Waals surface area (Å²) in [4.78, 5) is 11.3. The van der Waals surface area contributed by atoms with Gasteiger partial charge in [0.15, 0.2) is 6.10 Å². The van der Waals surface area contributed by atoms with E-state index in [1.807, 2.05) is 18.2 Å². The summed E-state index contributed by atoms with van der Waals surface area (Å²) in [5.41, 5.74) is 1.24. The first kappa shape index (κ1) is 13.6. The summed E-state index contributed by atoms with van der Waals surface area (Å²) in [6.45, 7) is 8.08. The molecular weight excluding hydrogens is 216 g/mol. The molecule has 94 valence electrons. The van der Waals surface area contributed by atoms with Crippen LogP contribution in [0.4, 0.5) is 0 Å². The third kappa shape index (κ3) is 3.77. The molecule has 0 aliphatic rings. The number of ether oxygens (including phenoxy) is 2. The van der Waals surface area contributed by atoms with Gasteiger partial charge in [-0.3, -0.25) is 0 Å². The smallest absolute Gasteiger partial charge is 0.346 e. The summed E-state index contributed by atoms with van der Waals surface area (Å²) in [7, 11) is 1.35. The van der Waals surface area contributed by atoms with Gasteiger partial charge in [0.1, 0.15) is 5.75 Å². The van der Waals surface area contributed by atoms with E-state index < -0.39 is 6.10 Å². The average Bonchev–Trinajstić information content (AvgIpc) is 2.27. The normalized spacial score (nSPS) is 13.0. The van der Waals surface area contributed by atoms with Crippen molar-refractivity contribution in [3.8, 4) is 5.75 Å². The van der Waals surface area contributed by atoms with Crippen LogP contribution < -0.4 is 4.74 Å². The number of esters is 1. The number of rotatable bonds is 3. The zero-order valence-electron chi connectivity index (χ0n) is 11.1. The number of hydrogen-bond donors (Lipinski definition) is 0. The van der Waals surface area contributed by atoms with E-state index in [-0.39, 0.29) is 11.4 Å². The molecule has 0 aliphatic heterocycles. The third-order valence-electron chi connectivity index (χ3n) is 2.55. The lowest BCUT2D eigenvalue weighted by atomic mass is 9.87. The van der Waals surface area contributed by atoms with Gasteiger partial charge in [0.2, 0.25) is 0 Å². The van der Waals surface area contributed by atoms with Crippen LogP contribution >= 0.6 is 0 Å². The minimum Gasteiger partial charge on any atom is -0.479 e. The highest BCUT2D eigenvalue weighted by Gasteiger charge is 2.17. The van der Waals surface area contributed by atoms with Crippen LogP contribution in [0.15, 0.2) is 24.3 Å². The molecule has 0 saturated carbocycles. The van der Waals surface area contributed by atoms with Gasteiger partial charge in [0.05, 0.1) is 7.11 Å². The Morgan fingerprint density at radius 2 is 1.94 bits per heavy atom. The monoisotopic (exact) mass is 236 g/mol. The summed E-state index contributed by atoms with van der Waals surface area (Å²) in [5.74, 6) is 0.321. The molecule has 1 aromatic rings. The second-order valence-corrected chi connectivity index (χ2v) is 5.06. The van der Waals surface area contributed by atoms with Crippen LogP contribution in [-0.2, 0) is 14.9 Å². The van der Waals surface area contributed by atoms with Gasteiger partial charge in [-0.05, 0) is 30.0 Å². The van der Waals surface area contributed by atoms with Crippen LogP contribution in [0.2, 0.25) is 0 Å². The molecule has 0 spiro atoms. The van der Waals surface area contributed by atoms with Gasteiger partial charge in [-0.1, -0.05) is 32.9 Å². The Morgan fingerprint density at radius 3 is 2.47 bits per heavy atom. The maximum Gasteiger partial charge on any atom is 0.346 e. The second kappa shape index (κ2) is 5.21. The molecule has 0 N–H and O–H groups in total. The largest absolute Gasteiger partial charge is 0.479 e. The third-order valence-corrected chi connectivity index (χ3v) is 2.55. The number of carbonyl (C=O) groups is 1. The van der Waals surface area contributed by atoms with Crippen LogP contribution in [0, 0.1) is 0 Å². The van der Waals surface area contributed by atoms with Gasteiger partial charge in [-0.25, -0.2) is 4.79 Å². The fraction of sp³-hybridized carbons (Fsp3) is 0.500. The topological polar surface area (TPSA) is 35.5 Å². The van der Waals surface area contributed by atoms with E-state index >= 15 is 0 Å². The molecule has 0 amide bonds. The van der Waals surface area contributed by atoms with Crippen molar-refractivity contribution in [2.75, 3.05) is 7.11 Å². The summed E-state index contributed by atoms with van der Waals surface area (Å²) < 4.78 is 10.1. The van der Waals surface area contributed by atoms with Crippen molar-refractivity contribution in [2.24, 2.45) is 0 Å². The lowest BCUT2D eigenvalue weighted by Gasteiger charge is -2.20. The summed E-state index contributed by atoms with van der Waals surface area (Å²) in [6.07, 6.45) is -0.588. The maximum absolute atomic E-state index is 11.3. The molecule has 3 nitrogen and oxygen atoms in total. The van der Waals surface area contributed by atoms with Gasteiger partial charge < -0.3 is 9.47 Å². The van der Waals surface area contributed by atoms with Gasteiger partial charge in [-0.15, -0.1) is 0 Å². The van der Waals surface area contributed by atoms with Crippen molar-refractivity contribution in [2.45, 2.75) is 39.2 Å². The molecule has 0 radical (unpaired) electrons. The SMILES string of the molecule is COC(=O)[C@H](C)Oc1cccc(C(C)(C)C)c1. The first-order valence-corrected chi connectivity index (χ1v) is 5.69. The molecule has 0 aromatic heterocycles. The molecule has 1 atom stereocenters. The number of benzene rings is 1. The van der Waals surface area contributed by atoms with E-state index in [9.17, 15) is 4.79 Å². The van der Waals surface area contributed by atoms with Gasteiger partial charge in [0, 0.05) is 0 Å². The van der Waals surface area contributed by atoms with E-state index in [1.54, 1.807) is 6.92 Å². The van der Waals surface area contributed by atoms with Crippen molar-refractivity contribution < 1.29 is 14.3 Å². The van der Waals surface area contributed by atoms with E-state index in [1.165, 1.54) is 12.7 Å². The van der Waals surface area contributed by atoms with Crippen molar-refractivity contribution in [1.29, 1.82) is 0 Å². The first-order chi connectivity index (χ1) is 7.84. The van der Waals surface area contributed by atoms with Gasteiger partial charge in [-0.2, -0.15) is 0 Å². The molecule has 17 heavy (non-hydrogen) atoms. The Kier molecular flexibility index (Phi) is 4.16. The molecule has 0 aliphatic carbocycles. The fourth-order valence-electron chi connectivity index (χ4n) is 1.45. The molecule has 0 bridgehead atoms. The second-order valence-electron chi connectivity index (χ2n) is 5.06. The summed E-state index contributed by atoms with van der Waals surface area (Å²) in [6, 6.07) is 7.78. The number of carbonyl (C=O) groups excluding carboxylic acids is 1. The predicted octanol–water partition coefficient (Wildman–Crippen LogP) is 2.92. The molecule has 1 aromatic carbocycles. The quantitative estimate of drug-likeness (QED) is 0.757. The van der Waals surface area contributed by atoms with Crippen LogP contribution in [-0.4, -0.2) is 19.2 Å². The average molecular weight is 236 g/mol. The molecule has 0 saturated heterocycles. The Balaban J connectivity index is 2.83. The summed E-state index contributed by atoms with van der Waals surface area (Å²) >= 11 is 0. The molecular formula is C14H20O3. The zero-order valence-corrected chi connectivity index (χ0v) is 11.1. The Labute approximate surface area is 103 Å². The fourth-order valence-corrected chi connectivity index (χ4v) is 1.45. The molecule has 0 heterocycles. The molecule has 0 unspecified atom stereocenters. The first-order valence-electron chi connectivity index (χ1n) is 5.69. The van der Waals surface area contributed by atoms with Gasteiger partial charge in [0.25, 0.3) is 0 Å². The minimum atomic E-state index is -0.588. The van der Waals surface area contributed by atoms with Crippen LogP contribution in [0.5, 0.6) is 5.75 Å². The minimum absolute atomic E-state index is 0.0634. The van der Waals surface area contributed by atoms with Crippen LogP contribution in [0.3, 0.4) is 0 Å². The van der Waals surface area contributed by atoms with Gasteiger partial charge >= 0.3 is 5.97 Å². The maximum atomic E-state index is 11.3. The highest BCUT2D eigenvalue weighted by molar-refractivity contribution is 5.74. The number of hydrogen-bond acceptors (Lipinski definition) is 3. The van der Waals surface area contributed by atoms with E-state index in [0.717, 1.165) is 0 Å². The van der Waals surface area contributed by atoms with E-state index in [0.29, 0.717) is 5.75 Å². The molecule has 0 fully saturated rings. The number of methoxy groups -OCH3 is 1. The molecule has 1 rings (SSSR count). The highest BCUT2D eigenvalue weighted by Crippen LogP contribution is 2.26. The Morgan fingerprint density at radius 1 is 1.29 bits per heavy atom. The van der Waals surface area contributed by atoms with Crippen molar-refractivity contribution in [1.82, 2.24) is 0 Å². The van der Waals surface area contributed by atoms with Crippen molar-refractivity contribution in [3.63, 3.8) is 0 Å². The highest BCUT2D eigenvalue weighted by atomic mass is 16.6. The predicted molar refractivity (Wildman–Crippen MR) is 67.2 cm³/mol. The molecule has 3 heteroatoms. The summed E-state index contributed by atoms with van der Waals surface area (Å²) in [5, 5.41) is 0. The van der Waals surface area contributed by atoms with Crippen LogP contribution in [0.1, 0.15) is 33.3 Å². The van der Waals surface area contributed by atoms with Crippen molar-refractivity contribution >= 4 is 5.97 Å². The van der Waals surface area contributed by atoms with Crippen molar-refractivity contribution in [3.05, 3.63) is 29.8 Å². The Bertz CT molecular complexity index is 391. The zero-order chi connectivity index (χ0) is 13.1. The lowest BCUT2D eigenvalue weighted by Crippen LogP contribution is -2.25. The lowest BCUT2D eigenvalue weighted by molar-refractivity contribution is -0.147. The standard InChI is InChI=1S/C14H20O3/c1-10(13(15)16-5)17-12-8-6-7-11(9-12)14(2,3)4/h6-10H,1-5H3/t10-/m0/s1. The van der Waals surface area contributed by atoms with Crippen LogP contribution in [0.25, 0.3) is 0 Å². The van der Waals surface area contributed by atoms with E-state index in [4.69, 9.17) is 4.74 Å².